The molecule has 1 aliphatic rings. The molecule has 1 atom stereocenters. The lowest BCUT2D eigenvalue weighted by atomic mass is 9.86. The van der Waals surface area contributed by atoms with Gasteiger partial charge >= 0.3 is 0 Å². The molecule has 0 aliphatic carbocycles. The van der Waals surface area contributed by atoms with Gasteiger partial charge in [0.1, 0.15) is 5.76 Å². The molecule has 0 aromatic carbocycles. The van der Waals surface area contributed by atoms with Gasteiger partial charge in [0.25, 0.3) is 0 Å². The van der Waals surface area contributed by atoms with E-state index >= 15 is 0 Å². The molecule has 0 amide bonds. The molecule has 2 rings (SSSR count). The molecule has 15 heavy (non-hydrogen) atoms. The lowest BCUT2D eigenvalue weighted by Crippen LogP contribution is -2.28. The lowest BCUT2D eigenvalue weighted by molar-refractivity contribution is 0.319. The van der Waals surface area contributed by atoms with E-state index in [4.69, 9.17) is 4.52 Å². The first-order chi connectivity index (χ1) is 7.09. The van der Waals surface area contributed by atoms with Crippen LogP contribution in [0.25, 0.3) is 0 Å². The van der Waals surface area contributed by atoms with Crippen molar-refractivity contribution >= 4 is 0 Å². The van der Waals surface area contributed by atoms with Gasteiger partial charge in [-0.3, -0.25) is 0 Å². The van der Waals surface area contributed by atoms with E-state index in [1.165, 1.54) is 24.8 Å². The second-order valence-corrected chi connectivity index (χ2v) is 5.36. The minimum absolute atomic E-state index is 0.0466. The molecule has 1 fully saturated rings. The zero-order valence-electron chi connectivity index (χ0n) is 9.84. The van der Waals surface area contributed by atoms with Gasteiger partial charge in [0.05, 0.1) is 6.20 Å². The van der Waals surface area contributed by atoms with Crippen LogP contribution in [0.1, 0.15) is 57.4 Å². The van der Waals surface area contributed by atoms with Crippen LogP contribution in [0.3, 0.4) is 0 Å². The van der Waals surface area contributed by atoms with Crippen molar-refractivity contribution in [3.63, 3.8) is 0 Å². The summed E-state index contributed by atoms with van der Waals surface area (Å²) >= 11 is 0. The van der Waals surface area contributed by atoms with Crippen molar-refractivity contribution < 1.29 is 4.52 Å². The molecule has 0 bridgehead atoms. The Balaban J connectivity index is 2.24. The van der Waals surface area contributed by atoms with Gasteiger partial charge in [-0.25, -0.2) is 0 Å². The van der Waals surface area contributed by atoms with Gasteiger partial charge in [-0.2, -0.15) is 0 Å². The third-order valence-corrected chi connectivity index (χ3v) is 2.96. The van der Waals surface area contributed by atoms with Gasteiger partial charge < -0.3 is 9.84 Å². The number of nitrogens with zero attached hydrogens (tertiary/aromatic N) is 1. The maximum Gasteiger partial charge on any atom is 0.146 e. The monoisotopic (exact) mass is 208 g/mol. The first kappa shape index (κ1) is 10.7. The fraction of sp³-hybridized carbons (Fsp3) is 0.750. The van der Waals surface area contributed by atoms with E-state index in [1.54, 1.807) is 0 Å². The van der Waals surface area contributed by atoms with Gasteiger partial charge in [0.15, 0.2) is 0 Å². The van der Waals surface area contributed by atoms with Crippen LogP contribution in [0.15, 0.2) is 10.7 Å². The minimum Gasteiger partial charge on any atom is -0.361 e. The Morgan fingerprint density at radius 2 is 2.20 bits per heavy atom. The smallest absolute Gasteiger partial charge is 0.146 e. The fourth-order valence-electron chi connectivity index (χ4n) is 2.18. The minimum atomic E-state index is 0.0466. The van der Waals surface area contributed by atoms with E-state index < -0.39 is 0 Å². The molecule has 0 radical (unpaired) electrons. The maximum atomic E-state index is 5.39. The fourth-order valence-corrected chi connectivity index (χ4v) is 2.18. The van der Waals surface area contributed by atoms with Crippen LogP contribution in [0, 0.1) is 0 Å². The molecule has 1 aromatic heterocycles. The molecular weight excluding hydrogens is 188 g/mol. The van der Waals surface area contributed by atoms with E-state index in [-0.39, 0.29) is 5.41 Å². The van der Waals surface area contributed by atoms with Crippen molar-refractivity contribution in [1.82, 2.24) is 10.5 Å². The first-order valence-corrected chi connectivity index (χ1v) is 5.77. The first-order valence-electron chi connectivity index (χ1n) is 5.77. The molecule has 3 nitrogen and oxygen atoms in total. The van der Waals surface area contributed by atoms with E-state index in [9.17, 15) is 0 Å². The van der Waals surface area contributed by atoms with Crippen LogP contribution in [0.2, 0.25) is 0 Å². The Morgan fingerprint density at radius 1 is 1.40 bits per heavy atom. The highest BCUT2D eigenvalue weighted by molar-refractivity contribution is 5.24. The van der Waals surface area contributed by atoms with Crippen LogP contribution in [-0.2, 0) is 5.41 Å². The number of hydrogen-bond donors (Lipinski definition) is 1. The average molecular weight is 208 g/mol. The van der Waals surface area contributed by atoms with Crippen LogP contribution >= 0.6 is 0 Å². The zero-order valence-corrected chi connectivity index (χ0v) is 9.84. The Hall–Kier alpha value is -0.830. The number of hydrogen-bond acceptors (Lipinski definition) is 3. The molecular formula is C12H20N2O. The summed E-state index contributed by atoms with van der Waals surface area (Å²) in [6.07, 6.45) is 5.66. The molecule has 0 spiro atoms. The van der Waals surface area contributed by atoms with Crippen molar-refractivity contribution in [2.24, 2.45) is 0 Å². The van der Waals surface area contributed by atoms with Crippen LogP contribution < -0.4 is 5.32 Å². The standard InChI is InChI=1S/C12H20N2O/c1-12(2,3)11-9(8-14-15-11)10-6-4-5-7-13-10/h8,10,13H,4-7H2,1-3H3. The SMILES string of the molecule is CC(C)(C)c1oncc1C1CCCCN1. The van der Waals surface area contributed by atoms with Gasteiger partial charge in [-0.05, 0) is 19.4 Å². The summed E-state index contributed by atoms with van der Waals surface area (Å²) in [6, 6.07) is 0.444. The van der Waals surface area contributed by atoms with Gasteiger partial charge in [0, 0.05) is 17.0 Å². The van der Waals surface area contributed by atoms with Crippen molar-refractivity contribution in [3.05, 3.63) is 17.5 Å². The highest BCUT2D eigenvalue weighted by atomic mass is 16.5. The van der Waals surface area contributed by atoms with Crippen molar-refractivity contribution in [1.29, 1.82) is 0 Å². The Kier molecular flexibility index (Phi) is 2.83. The molecule has 1 saturated heterocycles. The Labute approximate surface area is 91.2 Å². The van der Waals surface area contributed by atoms with Gasteiger partial charge in [0.2, 0.25) is 0 Å². The van der Waals surface area contributed by atoms with Crippen molar-refractivity contribution in [2.45, 2.75) is 51.5 Å². The molecule has 2 heterocycles. The summed E-state index contributed by atoms with van der Waals surface area (Å²) in [6.45, 7) is 7.61. The van der Waals surface area contributed by atoms with Crippen molar-refractivity contribution in [3.8, 4) is 0 Å². The second-order valence-electron chi connectivity index (χ2n) is 5.36. The molecule has 84 valence electrons. The van der Waals surface area contributed by atoms with Gasteiger partial charge in [-0.1, -0.05) is 32.3 Å². The summed E-state index contributed by atoms with van der Waals surface area (Å²) < 4.78 is 5.39. The highest BCUT2D eigenvalue weighted by Crippen LogP contribution is 2.32. The van der Waals surface area contributed by atoms with E-state index in [0.717, 1.165) is 12.3 Å². The summed E-state index contributed by atoms with van der Waals surface area (Å²) in [5, 5.41) is 7.48. The summed E-state index contributed by atoms with van der Waals surface area (Å²) in [5.74, 6) is 1.03. The number of nitrogens with one attached hydrogen (secondary N) is 1. The highest BCUT2D eigenvalue weighted by Gasteiger charge is 2.28. The predicted octanol–water partition coefficient (Wildman–Crippen LogP) is 2.79. The zero-order chi connectivity index (χ0) is 10.9. The Bertz CT molecular complexity index is 319. The van der Waals surface area contributed by atoms with E-state index in [0.29, 0.717) is 6.04 Å². The molecule has 1 unspecified atom stereocenters. The summed E-state index contributed by atoms with van der Waals surface area (Å²) in [4.78, 5) is 0. The van der Waals surface area contributed by atoms with Gasteiger partial charge in [-0.15, -0.1) is 0 Å². The van der Waals surface area contributed by atoms with Crippen LogP contribution in [0.5, 0.6) is 0 Å². The second kappa shape index (κ2) is 3.97. The van der Waals surface area contributed by atoms with Crippen molar-refractivity contribution in [2.75, 3.05) is 6.54 Å². The van der Waals surface area contributed by atoms with Crippen LogP contribution in [-0.4, -0.2) is 11.7 Å². The quantitative estimate of drug-likeness (QED) is 0.771. The molecule has 3 heteroatoms. The topological polar surface area (TPSA) is 38.1 Å². The largest absolute Gasteiger partial charge is 0.361 e. The Morgan fingerprint density at radius 3 is 2.80 bits per heavy atom. The average Bonchev–Trinajstić information content (AvgIpc) is 2.67. The molecule has 1 N–H and O–H groups in total. The van der Waals surface area contributed by atoms with Crippen LogP contribution in [0.4, 0.5) is 0 Å². The summed E-state index contributed by atoms with van der Waals surface area (Å²) in [5.41, 5.74) is 1.30. The molecule has 0 saturated carbocycles. The lowest BCUT2D eigenvalue weighted by Gasteiger charge is -2.25. The number of rotatable bonds is 1. The third kappa shape index (κ3) is 2.23. The maximum absolute atomic E-state index is 5.39. The molecule has 1 aliphatic heterocycles. The number of piperidine rings is 1. The third-order valence-electron chi connectivity index (χ3n) is 2.96. The predicted molar refractivity (Wildman–Crippen MR) is 59.8 cm³/mol. The van der Waals surface area contributed by atoms with E-state index in [1.807, 2.05) is 6.20 Å². The molecule has 1 aromatic rings. The normalized spacial score (nSPS) is 23.0. The van der Waals surface area contributed by atoms with E-state index in [2.05, 4.69) is 31.2 Å². The number of aromatic nitrogens is 1. The summed E-state index contributed by atoms with van der Waals surface area (Å²) in [7, 11) is 0.